The number of benzene rings is 1. The summed E-state index contributed by atoms with van der Waals surface area (Å²) < 4.78 is 0.812. The van der Waals surface area contributed by atoms with Gasteiger partial charge in [-0.1, -0.05) is 13.0 Å². The fraction of sp³-hybridized carbons (Fsp3) is 0.143. The topological polar surface area (TPSA) is 74.0 Å². The lowest BCUT2D eigenvalue weighted by Crippen LogP contribution is -2.13. The minimum absolute atomic E-state index is 0.0678. The van der Waals surface area contributed by atoms with Crippen LogP contribution in [0.5, 0.6) is 0 Å². The second kappa shape index (κ2) is 6.38. The van der Waals surface area contributed by atoms with Crippen molar-refractivity contribution >= 4 is 39.1 Å². The average Bonchev–Trinajstić information content (AvgIpc) is 2.86. The number of aromatic nitrogens is 1. The van der Waals surface area contributed by atoms with Crippen LogP contribution in [0, 0.1) is 0 Å². The van der Waals surface area contributed by atoms with Gasteiger partial charge >= 0.3 is 0 Å². The molecule has 1 aromatic heterocycles. The molecular formula is C14H14BrN3O2. The number of carbonyl (C=O) groups is 2. The van der Waals surface area contributed by atoms with Crippen molar-refractivity contribution in [3.05, 3.63) is 46.7 Å². The lowest BCUT2D eigenvalue weighted by atomic mass is 10.2. The Balaban J connectivity index is 2.08. The van der Waals surface area contributed by atoms with Gasteiger partial charge in [-0.3, -0.25) is 9.59 Å². The Bertz CT molecular complexity index is 637. The van der Waals surface area contributed by atoms with Gasteiger partial charge in [-0.25, -0.2) is 0 Å². The zero-order valence-corrected chi connectivity index (χ0v) is 12.5. The molecule has 1 aromatic carbocycles. The van der Waals surface area contributed by atoms with Crippen molar-refractivity contribution in [3.8, 4) is 0 Å². The normalized spacial score (nSPS) is 10.1. The summed E-state index contributed by atoms with van der Waals surface area (Å²) in [5.41, 5.74) is 1.73. The Morgan fingerprint density at radius 3 is 2.50 bits per heavy atom. The minimum atomic E-state index is -0.241. The first-order valence-electron chi connectivity index (χ1n) is 6.13. The SMILES string of the molecule is CCC(=O)Nc1cccc(NC(=O)c2cc(Br)c[nH]2)c1. The molecule has 0 aliphatic rings. The molecule has 0 bridgehead atoms. The van der Waals surface area contributed by atoms with Crippen LogP contribution in [-0.2, 0) is 4.79 Å². The van der Waals surface area contributed by atoms with Gasteiger partial charge in [0.25, 0.3) is 5.91 Å². The van der Waals surface area contributed by atoms with Crippen LogP contribution >= 0.6 is 15.9 Å². The summed E-state index contributed by atoms with van der Waals surface area (Å²) in [4.78, 5) is 26.1. The summed E-state index contributed by atoms with van der Waals surface area (Å²) in [6, 6.07) is 8.71. The van der Waals surface area contributed by atoms with Crippen molar-refractivity contribution in [2.45, 2.75) is 13.3 Å². The van der Waals surface area contributed by atoms with Crippen molar-refractivity contribution in [2.75, 3.05) is 10.6 Å². The molecule has 0 fully saturated rings. The molecule has 0 atom stereocenters. The number of nitrogens with one attached hydrogen (secondary N) is 3. The molecule has 5 nitrogen and oxygen atoms in total. The molecule has 1 heterocycles. The fourth-order valence-corrected chi connectivity index (χ4v) is 1.96. The van der Waals surface area contributed by atoms with E-state index in [4.69, 9.17) is 0 Å². The first-order valence-corrected chi connectivity index (χ1v) is 6.93. The van der Waals surface area contributed by atoms with Crippen LogP contribution in [0.1, 0.15) is 23.8 Å². The maximum atomic E-state index is 12.0. The average molecular weight is 336 g/mol. The van der Waals surface area contributed by atoms with Crippen molar-refractivity contribution in [1.29, 1.82) is 0 Å². The second-order valence-corrected chi connectivity index (χ2v) is 5.08. The van der Waals surface area contributed by atoms with E-state index in [1.807, 2.05) is 0 Å². The smallest absolute Gasteiger partial charge is 0.272 e. The number of rotatable bonds is 4. The van der Waals surface area contributed by atoms with Gasteiger partial charge in [-0.15, -0.1) is 0 Å². The zero-order valence-electron chi connectivity index (χ0n) is 10.9. The summed E-state index contributed by atoms with van der Waals surface area (Å²) in [5, 5.41) is 5.50. The predicted molar refractivity (Wildman–Crippen MR) is 81.8 cm³/mol. The summed E-state index contributed by atoms with van der Waals surface area (Å²) in [6.07, 6.45) is 2.10. The Morgan fingerprint density at radius 1 is 1.20 bits per heavy atom. The highest BCUT2D eigenvalue weighted by Crippen LogP contribution is 2.17. The van der Waals surface area contributed by atoms with Crippen molar-refractivity contribution in [3.63, 3.8) is 0 Å². The maximum absolute atomic E-state index is 12.0. The van der Waals surface area contributed by atoms with Crippen LogP contribution in [-0.4, -0.2) is 16.8 Å². The molecular weight excluding hydrogens is 322 g/mol. The van der Waals surface area contributed by atoms with Crippen LogP contribution in [0.15, 0.2) is 41.0 Å². The lowest BCUT2D eigenvalue weighted by molar-refractivity contribution is -0.115. The van der Waals surface area contributed by atoms with E-state index in [0.29, 0.717) is 23.5 Å². The molecule has 2 rings (SSSR count). The van der Waals surface area contributed by atoms with E-state index in [-0.39, 0.29) is 11.8 Å². The summed E-state index contributed by atoms with van der Waals surface area (Å²) in [6.45, 7) is 1.78. The number of hydrogen-bond acceptors (Lipinski definition) is 2. The molecule has 0 radical (unpaired) electrons. The zero-order chi connectivity index (χ0) is 14.5. The molecule has 6 heteroatoms. The Hall–Kier alpha value is -2.08. The number of aromatic amines is 1. The third-order valence-electron chi connectivity index (χ3n) is 2.62. The fourth-order valence-electron chi connectivity index (χ4n) is 1.62. The minimum Gasteiger partial charge on any atom is -0.356 e. The van der Waals surface area contributed by atoms with Crippen LogP contribution in [0.2, 0.25) is 0 Å². The van der Waals surface area contributed by atoms with Crippen LogP contribution in [0.25, 0.3) is 0 Å². The van der Waals surface area contributed by atoms with E-state index in [9.17, 15) is 9.59 Å². The number of amides is 2. The quantitative estimate of drug-likeness (QED) is 0.801. The van der Waals surface area contributed by atoms with Gasteiger partial charge in [-0.05, 0) is 40.2 Å². The van der Waals surface area contributed by atoms with E-state index in [1.54, 1.807) is 43.5 Å². The Labute approximate surface area is 124 Å². The number of anilines is 2. The van der Waals surface area contributed by atoms with Gasteiger partial charge in [0.15, 0.2) is 0 Å². The van der Waals surface area contributed by atoms with E-state index in [0.717, 1.165) is 4.47 Å². The largest absolute Gasteiger partial charge is 0.356 e. The Morgan fingerprint density at radius 2 is 1.90 bits per heavy atom. The van der Waals surface area contributed by atoms with Crippen molar-refractivity contribution in [1.82, 2.24) is 4.98 Å². The van der Waals surface area contributed by atoms with E-state index >= 15 is 0 Å². The third-order valence-corrected chi connectivity index (χ3v) is 3.08. The van der Waals surface area contributed by atoms with Crippen LogP contribution < -0.4 is 10.6 Å². The highest BCUT2D eigenvalue weighted by Gasteiger charge is 2.08. The van der Waals surface area contributed by atoms with E-state index in [2.05, 4.69) is 31.5 Å². The Kier molecular flexibility index (Phi) is 4.57. The molecule has 3 N–H and O–H groups in total. The molecule has 0 spiro atoms. The number of H-pyrrole nitrogens is 1. The van der Waals surface area contributed by atoms with Gasteiger partial charge in [0.2, 0.25) is 5.91 Å². The lowest BCUT2D eigenvalue weighted by Gasteiger charge is -2.07. The number of carbonyl (C=O) groups excluding carboxylic acids is 2. The predicted octanol–water partition coefficient (Wildman–Crippen LogP) is 3.38. The molecule has 2 amide bonds. The third kappa shape index (κ3) is 3.71. The van der Waals surface area contributed by atoms with Gasteiger partial charge in [0.1, 0.15) is 5.69 Å². The molecule has 0 saturated carbocycles. The highest BCUT2D eigenvalue weighted by molar-refractivity contribution is 9.10. The maximum Gasteiger partial charge on any atom is 0.272 e. The highest BCUT2D eigenvalue weighted by atomic mass is 79.9. The second-order valence-electron chi connectivity index (χ2n) is 4.17. The number of hydrogen-bond donors (Lipinski definition) is 3. The first-order chi connectivity index (χ1) is 9.58. The first kappa shape index (κ1) is 14.3. The molecule has 0 aliphatic carbocycles. The molecule has 0 aliphatic heterocycles. The molecule has 2 aromatic rings. The van der Waals surface area contributed by atoms with E-state index < -0.39 is 0 Å². The molecule has 104 valence electrons. The summed E-state index contributed by atoms with van der Waals surface area (Å²) in [5.74, 6) is -0.309. The van der Waals surface area contributed by atoms with Gasteiger partial charge < -0.3 is 15.6 Å². The van der Waals surface area contributed by atoms with Gasteiger partial charge in [0.05, 0.1) is 0 Å². The van der Waals surface area contributed by atoms with Gasteiger partial charge in [-0.2, -0.15) is 0 Å². The van der Waals surface area contributed by atoms with Crippen molar-refractivity contribution < 1.29 is 9.59 Å². The monoisotopic (exact) mass is 335 g/mol. The molecule has 20 heavy (non-hydrogen) atoms. The number of halogens is 1. The van der Waals surface area contributed by atoms with E-state index in [1.165, 1.54) is 0 Å². The van der Waals surface area contributed by atoms with Gasteiger partial charge in [0, 0.05) is 28.5 Å². The summed E-state index contributed by atoms with van der Waals surface area (Å²) in [7, 11) is 0. The standard InChI is InChI=1S/C14H14BrN3O2/c1-2-13(19)17-10-4-3-5-11(7-10)18-14(20)12-6-9(15)8-16-12/h3-8,16H,2H2,1H3,(H,17,19)(H,18,20). The molecule has 0 saturated heterocycles. The molecule has 0 unspecified atom stereocenters. The van der Waals surface area contributed by atoms with Crippen LogP contribution in [0.3, 0.4) is 0 Å². The van der Waals surface area contributed by atoms with Crippen molar-refractivity contribution in [2.24, 2.45) is 0 Å². The summed E-state index contributed by atoms with van der Waals surface area (Å²) >= 11 is 3.27. The van der Waals surface area contributed by atoms with Crippen LogP contribution in [0.4, 0.5) is 11.4 Å².